The van der Waals surface area contributed by atoms with Crippen molar-refractivity contribution in [1.82, 2.24) is 5.32 Å². The molecule has 4 nitrogen and oxygen atoms in total. The lowest BCUT2D eigenvalue weighted by molar-refractivity contribution is -0.141. The Kier molecular flexibility index (Phi) is 6.36. The van der Waals surface area contributed by atoms with Crippen molar-refractivity contribution in [2.75, 3.05) is 33.4 Å². The fourth-order valence-electron chi connectivity index (χ4n) is 1.78. The Hall–Kier alpha value is -0.610. The van der Waals surface area contributed by atoms with Gasteiger partial charge in [-0.3, -0.25) is 4.79 Å². The molecule has 1 fully saturated rings. The first-order valence-corrected chi connectivity index (χ1v) is 5.68. The standard InChI is InChI=1S/C11H21NO3/c1-14-11(13)5-8-15-7-4-10-3-2-6-12-9-10/h10,12H,2-9H2,1H3/t10-/m1/s1. The molecule has 0 bridgehead atoms. The maximum absolute atomic E-state index is 10.8. The molecule has 1 N–H and O–H groups in total. The molecular weight excluding hydrogens is 194 g/mol. The van der Waals surface area contributed by atoms with Crippen molar-refractivity contribution >= 4 is 5.97 Å². The maximum atomic E-state index is 10.8. The van der Waals surface area contributed by atoms with E-state index in [2.05, 4.69) is 10.1 Å². The van der Waals surface area contributed by atoms with Crippen LogP contribution in [-0.2, 0) is 14.3 Å². The van der Waals surface area contributed by atoms with Crippen LogP contribution in [0.25, 0.3) is 0 Å². The predicted octanol–water partition coefficient (Wildman–Crippen LogP) is 0.956. The van der Waals surface area contributed by atoms with Crippen molar-refractivity contribution in [1.29, 1.82) is 0 Å². The van der Waals surface area contributed by atoms with E-state index in [0.717, 1.165) is 32.0 Å². The predicted molar refractivity (Wildman–Crippen MR) is 57.7 cm³/mol. The Morgan fingerprint density at radius 2 is 2.33 bits per heavy atom. The molecule has 0 amide bonds. The van der Waals surface area contributed by atoms with Crippen LogP contribution in [0.2, 0.25) is 0 Å². The van der Waals surface area contributed by atoms with Crippen LogP contribution >= 0.6 is 0 Å². The summed E-state index contributed by atoms with van der Waals surface area (Å²) in [6.07, 6.45) is 4.02. The fourth-order valence-corrected chi connectivity index (χ4v) is 1.78. The van der Waals surface area contributed by atoms with Crippen LogP contribution in [0.1, 0.15) is 25.7 Å². The minimum Gasteiger partial charge on any atom is -0.469 e. The van der Waals surface area contributed by atoms with Crippen LogP contribution in [-0.4, -0.2) is 39.4 Å². The van der Waals surface area contributed by atoms with Gasteiger partial charge in [0, 0.05) is 6.61 Å². The topological polar surface area (TPSA) is 47.6 Å². The van der Waals surface area contributed by atoms with E-state index in [4.69, 9.17) is 4.74 Å². The molecule has 1 aliphatic rings. The lowest BCUT2D eigenvalue weighted by Crippen LogP contribution is -2.30. The maximum Gasteiger partial charge on any atom is 0.307 e. The third kappa shape index (κ3) is 5.74. The summed E-state index contributed by atoms with van der Waals surface area (Å²) in [5, 5.41) is 3.37. The number of nitrogens with one attached hydrogen (secondary N) is 1. The molecule has 15 heavy (non-hydrogen) atoms. The van der Waals surface area contributed by atoms with Crippen LogP contribution in [0.3, 0.4) is 0 Å². The van der Waals surface area contributed by atoms with Crippen LogP contribution in [0.15, 0.2) is 0 Å². The van der Waals surface area contributed by atoms with Crippen LogP contribution in [0, 0.1) is 5.92 Å². The van der Waals surface area contributed by atoms with Gasteiger partial charge in [-0.05, 0) is 38.3 Å². The molecule has 1 aliphatic heterocycles. The Bertz CT molecular complexity index is 179. The Labute approximate surface area is 91.3 Å². The molecule has 1 heterocycles. The Balaban J connectivity index is 1.89. The smallest absolute Gasteiger partial charge is 0.307 e. The average Bonchev–Trinajstić information content (AvgIpc) is 2.29. The van der Waals surface area contributed by atoms with Crippen molar-refractivity contribution in [2.45, 2.75) is 25.7 Å². The number of carbonyl (C=O) groups excluding carboxylic acids is 1. The van der Waals surface area contributed by atoms with Gasteiger partial charge in [0.1, 0.15) is 0 Å². The zero-order valence-corrected chi connectivity index (χ0v) is 9.46. The first-order chi connectivity index (χ1) is 7.33. The third-order valence-electron chi connectivity index (χ3n) is 2.75. The van der Waals surface area contributed by atoms with Gasteiger partial charge < -0.3 is 14.8 Å². The van der Waals surface area contributed by atoms with Crippen molar-refractivity contribution in [3.63, 3.8) is 0 Å². The molecule has 0 spiro atoms. The number of hydrogen-bond donors (Lipinski definition) is 1. The van der Waals surface area contributed by atoms with Gasteiger partial charge in [-0.1, -0.05) is 0 Å². The van der Waals surface area contributed by atoms with E-state index in [1.165, 1.54) is 20.0 Å². The van der Waals surface area contributed by atoms with Gasteiger partial charge in [0.2, 0.25) is 0 Å². The molecule has 4 heteroatoms. The summed E-state index contributed by atoms with van der Waals surface area (Å²) in [5.41, 5.74) is 0. The second-order valence-corrected chi connectivity index (χ2v) is 3.94. The summed E-state index contributed by atoms with van der Waals surface area (Å²) in [6, 6.07) is 0. The molecular formula is C11H21NO3. The fraction of sp³-hybridized carbons (Fsp3) is 0.909. The SMILES string of the molecule is COC(=O)CCOCC[C@H]1CCCNC1. The normalized spacial score (nSPS) is 21.3. The molecule has 0 aromatic rings. The summed E-state index contributed by atoms with van der Waals surface area (Å²) in [4.78, 5) is 10.8. The number of ether oxygens (including phenoxy) is 2. The second-order valence-electron chi connectivity index (χ2n) is 3.94. The highest BCUT2D eigenvalue weighted by Gasteiger charge is 2.12. The quantitative estimate of drug-likeness (QED) is 0.529. The van der Waals surface area contributed by atoms with Crippen molar-refractivity contribution < 1.29 is 14.3 Å². The number of hydrogen-bond acceptors (Lipinski definition) is 4. The number of piperidine rings is 1. The number of rotatable bonds is 6. The third-order valence-corrected chi connectivity index (χ3v) is 2.75. The molecule has 0 radical (unpaired) electrons. The Morgan fingerprint density at radius 3 is 3.00 bits per heavy atom. The number of carbonyl (C=O) groups is 1. The van der Waals surface area contributed by atoms with Gasteiger partial charge in [0.15, 0.2) is 0 Å². The highest BCUT2D eigenvalue weighted by Crippen LogP contribution is 2.13. The van der Waals surface area contributed by atoms with Gasteiger partial charge in [0.25, 0.3) is 0 Å². The lowest BCUT2D eigenvalue weighted by Gasteiger charge is -2.22. The molecule has 0 aromatic heterocycles. The second kappa shape index (κ2) is 7.65. The van der Waals surface area contributed by atoms with Gasteiger partial charge in [-0.25, -0.2) is 0 Å². The van der Waals surface area contributed by atoms with Crippen LogP contribution in [0.4, 0.5) is 0 Å². The molecule has 88 valence electrons. The molecule has 1 atom stereocenters. The minimum atomic E-state index is -0.200. The summed E-state index contributed by atoms with van der Waals surface area (Å²) >= 11 is 0. The van der Waals surface area contributed by atoms with Crippen LogP contribution < -0.4 is 5.32 Å². The summed E-state index contributed by atoms with van der Waals surface area (Å²) in [7, 11) is 1.40. The molecule has 1 rings (SSSR count). The average molecular weight is 215 g/mol. The first-order valence-electron chi connectivity index (χ1n) is 5.68. The minimum absolute atomic E-state index is 0.200. The summed E-state index contributed by atoms with van der Waals surface area (Å²) in [6.45, 7) is 3.50. The number of methoxy groups -OCH3 is 1. The van der Waals surface area contributed by atoms with Crippen molar-refractivity contribution in [3.8, 4) is 0 Å². The monoisotopic (exact) mass is 215 g/mol. The molecule has 0 aliphatic carbocycles. The van der Waals surface area contributed by atoms with E-state index >= 15 is 0 Å². The van der Waals surface area contributed by atoms with E-state index in [1.807, 2.05) is 0 Å². The Morgan fingerprint density at radius 1 is 1.47 bits per heavy atom. The molecule has 0 aromatic carbocycles. The molecule has 0 saturated carbocycles. The first kappa shape index (κ1) is 12.5. The van der Waals surface area contributed by atoms with E-state index in [0.29, 0.717) is 13.0 Å². The van der Waals surface area contributed by atoms with Crippen LogP contribution in [0.5, 0.6) is 0 Å². The highest BCUT2D eigenvalue weighted by atomic mass is 16.5. The van der Waals surface area contributed by atoms with Gasteiger partial charge >= 0.3 is 5.97 Å². The molecule has 1 saturated heterocycles. The van der Waals surface area contributed by atoms with E-state index in [1.54, 1.807) is 0 Å². The zero-order chi connectivity index (χ0) is 10.9. The van der Waals surface area contributed by atoms with Crippen molar-refractivity contribution in [3.05, 3.63) is 0 Å². The summed E-state index contributed by atoms with van der Waals surface area (Å²) < 4.78 is 9.90. The van der Waals surface area contributed by atoms with Gasteiger partial charge in [-0.2, -0.15) is 0 Å². The van der Waals surface area contributed by atoms with E-state index in [-0.39, 0.29) is 5.97 Å². The van der Waals surface area contributed by atoms with Gasteiger partial charge in [0.05, 0.1) is 20.1 Å². The highest BCUT2D eigenvalue weighted by molar-refractivity contribution is 5.69. The number of esters is 1. The van der Waals surface area contributed by atoms with E-state index < -0.39 is 0 Å². The van der Waals surface area contributed by atoms with E-state index in [9.17, 15) is 4.79 Å². The lowest BCUT2D eigenvalue weighted by atomic mass is 9.97. The van der Waals surface area contributed by atoms with Crippen molar-refractivity contribution in [2.24, 2.45) is 5.92 Å². The zero-order valence-electron chi connectivity index (χ0n) is 9.46. The van der Waals surface area contributed by atoms with Gasteiger partial charge in [-0.15, -0.1) is 0 Å². The molecule has 0 unspecified atom stereocenters. The largest absolute Gasteiger partial charge is 0.469 e. The summed E-state index contributed by atoms with van der Waals surface area (Å²) in [5.74, 6) is 0.547.